The Morgan fingerprint density at radius 1 is 1.32 bits per heavy atom. The first kappa shape index (κ1) is 13.8. The molecule has 0 saturated carbocycles. The van der Waals surface area contributed by atoms with Gasteiger partial charge in [0.25, 0.3) is 0 Å². The van der Waals surface area contributed by atoms with Crippen LogP contribution in [0, 0.1) is 5.82 Å². The van der Waals surface area contributed by atoms with Crippen LogP contribution in [0.15, 0.2) is 30.5 Å². The Morgan fingerprint density at radius 3 is 2.74 bits per heavy atom. The third-order valence-corrected chi connectivity index (χ3v) is 3.03. The number of methoxy groups -OCH3 is 1. The maximum atomic E-state index is 13.5. The van der Waals surface area contributed by atoms with Gasteiger partial charge in [0.05, 0.1) is 29.6 Å². The molecule has 0 N–H and O–H groups in total. The molecule has 0 amide bonds. The number of hydrogen-bond donors (Lipinski definition) is 0. The minimum Gasteiger partial charge on any atom is -0.465 e. The number of hydrogen-bond acceptors (Lipinski definition) is 3. The van der Waals surface area contributed by atoms with Crippen molar-refractivity contribution in [3.8, 4) is 11.3 Å². The zero-order valence-electron chi connectivity index (χ0n) is 9.78. The number of halogens is 3. The van der Waals surface area contributed by atoms with E-state index < -0.39 is 11.8 Å². The smallest absolute Gasteiger partial charge is 0.340 e. The summed E-state index contributed by atoms with van der Waals surface area (Å²) in [5.41, 5.74) is 0.650. The minimum absolute atomic E-state index is 0.205. The van der Waals surface area contributed by atoms with E-state index in [0.717, 1.165) is 6.20 Å². The van der Waals surface area contributed by atoms with Crippen LogP contribution in [0.2, 0.25) is 10.0 Å². The molecule has 0 radical (unpaired) electrons. The van der Waals surface area contributed by atoms with Gasteiger partial charge in [0.15, 0.2) is 5.82 Å². The zero-order chi connectivity index (χ0) is 14.0. The average Bonchev–Trinajstić information content (AvgIpc) is 2.41. The van der Waals surface area contributed by atoms with Gasteiger partial charge in [0.2, 0.25) is 0 Å². The summed E-state index contributed by atoms with van der Waals surface area (Å²) in [7, 11) is 1.17. The van der Waals surface area contributed by atoms with Gasteiger partial charge in [0, 0.05) is 10.6 Å². The summed E-state index contributed by atoms with van der Waals surface area (Å²) < 4.78 is 18.0. The van der Waals surface area contributed by atoms with Crippen LogP contribution in [0.25, 0.3) is 11.3 Å². The molecule has 98 valence electrons. The minimum atomic E-state index is -0.778. The van der Waals surface area contributed by atoms with E-state index in [1.807, 2.05) is 0 Å². The van der Waals surface area contributed by atoms with Crippen molar-refractivity contribution < 1.29 is 13.9 Å². The van der Waals surface area contributed by atoms with E-state index in [-0.39, 0.29) is 5.56 Å². The molecule has 19 heavy (non-hydrogen) atoms. The number of esters is 1. The fourth-order valence-electron chi connectivity index (χ4n) is 1.55. The van der Waals surface area contributed by atoms with Gasteiger partial charge in [-0.1, -0.05) is 23.2 Å². The van der Waals surface area contributed by atoms with Gasteiger partial charge in [-0.3, -0.25) is 4.98 Å². The molecule has 0 aliphatic carbocycles. The highest BCUT2D eigenvalue weighted by atomic mass is 35.5. The molecular formula is C13H8Cl2FNO2. The molecule has 0 fully saturated rings. The summed E-state index contributed by atoms with van der Waals surface area (Å²) >= 11 is 11.9. The van der Waals surface area contributed by atoms with Crippen LogP contribution in [0.5, 0.6) is 0 Å². The van der Waals surface area contributed by atoms with E-state index in [2.05, 4.69) is 9.72 Å². The lowest BCUT2D eigenvalue weighted by molar-refractivity contribution is 0.0595. The number of carbonyl (C=O) groups is 1. The van der Waals surface area contributed by atoms with Gasteiger partial charge < -0.3 is 4.74 Å². The second kappa shape index (κ2) is 5.55. The molecular weight excluding hydrogens is 292 g/mol. The first-order valence-electron chi connectivity index (χ1n) is 5.22. The van der Waals surface area contributed by atoms with Gasteiger partial charge in [-0.2, -0.15) is 0 Å². The second-order valence-electron chi connectivity index (χ2n) is 3.67. The Kier molecular flexibility index (Phi) is 4.02. The van der Waals surface area contributed by atoms with Gasteiger partial charge in [-0.15, -0.1) is 0 Å². The highest BCUT2D eigenvalue weighted by molar-refractivity contribution is 6.35. The van der Waals surface area contributed by atoms with Gasteiger partial charge >= 0.3 is 5.97 Å². The number of pyridine rings is 1. The first-order valence-corrected chi connectivity index (χ1v) is 5.98. The number of aromatic nitrogens is 1. The fourth-order valence-corrected chi connectivity index (χ4v) is 1.93. The van der Waals surface area contributed by atoms with Crippen LogP contribution in [-0.2, 0) is 4.74 Å². The summed E-state index contributed by atoms with van der Waals surface area (Å²) in [4.78, 5) is 15.3. The quantitative estimate of drug-likeness (QED) is 0.787. The lowest BCUT2D eigenvalue weighted by atomic mass is 10.1. The van der Waals surface area contributed by atoms with E-state index >= 15 is 0 Å². The van der Waals surface area contributed by atoms with E-state index in [0.29, 0.717) is 21.3 Å². The summed E-state index contributed by atoms with van der Waals surface area (Å²) in [6, 6.07) is 6.09. The molecule has 3 nitrogen and oxygen atoms in total. The highest BCUT2D eigenvalue weighted by Gasteiger charge is 2.15. The monoisotopic (exact) mass is 299 g/mol. The number of carbonyl (C=O) groups excluding carboxylic acids is 1. The van der Waals surface area contributed by atoms with Gasteiger partial charge in [-0.25, -0.2) is 9.18 Å². The van der Waals surface area contributed by atoms with Gasteiger partial charge in [0.1, 0.15) is 0 Å². The lowest BCUT2D eigenvalue weighted by Gasteiger charge is -2.07. The molecule has 2 rings (SSSR count). The number of benzene rings is 1. The number of ether oxygens (including phenoxy) is 1. The van der Waals surface area contributed by atoms with Crippen LogP contribution >= 0.6 is 23.2 Å². The van der Waals surface area contributed by atoms with Crippen molar-refractivity contribution in [1.82, 2.24) is 4.98 Å². The summed E-state index contributed by atoms with van der Waals surface area (Å²) in [5, 5.41) is 0.865. The van der Waals surface area contributed by atoms with E-state index in [9.17, 15) is 9.18 Å². The van der Waals surface area contributed by atoms with Crippen molar-refractivity contribution in [3.63, 3.8) is 0 Å². The van der Waals surface area contributed by atoms with Crippen molar-refractivity contribution in [2.24, 2.45) is 0 Å². The normalized spacial score (nSPS) is 10.3. The molecule has 0 aliphatic rings. The third kappa shape index (κ3) is 2.85. The number of nitrogens with zero attached hydrogens (tertiary/aromatic N) is 1. The lowest BCUT2D eigenvalue weighted by Crippen LogP contribution is -2.05. The van der Waals surface area contributed by atoms with E-state index in [4.69, 9.17) is 23.2 Å². The standard InChI is InChI=1S/C13H8Cl2FNO2/c1-19-13(18)9-5-12(17-6-11(9)16)8-4-7(14)2-3-10(8)15/h2-6H,1H3. The Labute approximate surface area is 118 Å². The summed E-state index contributed by atoms with van der Waals surface area (Å²) in [6.07, 6.45) is 0.943. The topological polar surface area (TPSA) is 39.2 Å². The molecule has 2 aromatic rings. The van der Waals surface area contributed by atoms with Crippen LogP contribution in [-0.4, -0.2) is 18.1 Å². The maximum absolute atomic E-state index is 13.5. The zero-order valence-corrected chi connectivity index (χ0v) is 11.3. The van der Waals surface area contributed by atoms with E-state index in [1.165, 1.54) is 13.2 Å². The molecule has 0 aliphatic heterocycles. The fraction of sp³-hybridized carbons (Fsp3) is 0.0769. The van der Waals surface area contributed by atoms with Crippen LogP contribution in [0.3, 0.4) is 0 Å². The summed E-state index contributed by atoms with van der Waals surface area (Å²) in [6.45, 7) is 0. The second-order valence-corrected chi connectivity index (χ2v) is 4.51. The molecule has 0 saturated heterocycles. The van der Waals surface area contributed by atoms with E-state index in [1.54, 1.807) is 18.2 Å². The molecule has 6 heteroatoms. The maximum Gasteiger partial charge on any atom is 0.340 e. The molecule has 0 unspecified atom stereocenters. The molecule has 1 heterocycles. The molecule has 0 spiro atoms. The Bertz CT molecular complexity index is 647. The Balaban J connectivity index is 2.57. The molecule has 1 aromatic heterocycles. The predicted molar refractivity (Wildman–Crippen MR) is 71.0 cm³/mol. The summed E-state index contributed by atoms with van der Waals surface area (Å²) in [5.74, 6) is -1.53. The average molecular weight is 300 g/mol. The van der Waals surface area contributed by atoms with Crippen LogP contribution < -0.4 is 0 Å². The van der Waals surface area contributed by atoms with Crippen molar-refractivity contribution in [2.45, 2.75) is 0 Å². The third-order valence-electron chi connectivity index (χ3n) is 2.47. The van der Waals surface area contributed by atoms with Crippen LogP contribution in [0.4, 0.5) is 4.39 Å². The first-order chi connectivity index (χ1) is 9.02. The number of rotatable bonds is 2. The predicted octanol–water partition coefficient (Wildman–Crippen LogP) is 3.98. The van der Waals surface area contributed by atoms with Crippen LogP contribution in [0.1, 0.15) is 10.4 Å². The molecule has 0 bridgehead atoms. The van der Waals surface area contributed by atoms with Crippen molar-refractivity contribution in [3.05, 3.63) is 51.9 Å². The molecule has 0 atom stereocenters. The van der Waals surface area contributed by atoms with Gasteiger partial charge in [-0.05, 0) is 24.3 Å². The Morgan fingerprint density at radius 2 is 2.05 bits per heavy atom. The SMILES string of the molecule is COC(=O)c1cc(-c2cc(Cl)ccc2Cl)ncc1F. The largest absolute Gasteiger partial charge is 0.465 e. The van der Waals surface area contributed by atoms with Crippen molar-refractivity contribution >= 4 is 29.2 Å². The Hall–Kier alpha value is -1.65. The molecule has 1 aromatic carbocycles. The van der Waals surface area contributed by atoms with Crippen molar-refractivity contribution in [1.29, 1.82) is 0 Å². The van der Waals surface area contributed by atoms with Crippen molar-refractivity contribution in [2.75, 3.05) is 7.11 Å². The highest BCUT2D eigenvalue weighted by Crippen LogP contribution is 2.30.